The smallest absolute Gasteiger partial charge is 0.305 e. The highest BCUT2D eigenvalue weighted by atomic mass is 127. The molecule has 5 nitrogen and oxygen atoms in total. The van der Waals surface area contributed by atoms with Crippen LogP contribution in [0.2, 0.25) is 0 Å². The lowest BCUT2D eigenvalue weighted by atomic mass is 9.98. The van der Waals surface area contributed by atoms with Gasteiger partial charge in [-0.3, -0.25) is 9.59 Å². The van der Waals surface area contributed by atoms with Crippen LogP contribution in [0.5, 0.6) is 0 Å². The molecule has 0 aromatic heterocycles. The maximum atomic E-state index is 12.1. The summed E-state index contributed by atoms with van der Waals surface area (Å²) in [7, 11) is 1.47. The summed E-state index contributed by atoms with van der Waals surface area (Å²) >= 11 is 2.15. The Labute approximate surface area is 125 Å². The molecule has 19 heavy (non-hydrogen) atoms. The van der Waals surface area contributed by atoms with Crippen LogP contribution in [0.3, 0.4) is 0 Å². The highest BCUT2D eigenvalue weighted by Gasteiger charge is 2.29. The van der Waals surface area contributed by atoms with Crippen LogP contribution in [0, 0.1) is 3.57 Å². The molecule has 1 rings (SSSR count). The molecule has 104 valence electrons. The Bertz CT molecular complexity index is 460. The van der Waals surface area contributed by atoms with Crippen LogP contribution < -0.4 is 5.32 Å². The van der Waals surface area contributed by atoms with E-state index in [0.717, 1.165) is 3.57 Å². The van der Waals surface area contributed by atoms with Crippen LogP contribution in [-0.4, -0.2) is 36.2 Å². The summed E-state index contributed by atoms with van der Waals surface area (Å²) in [5, 5.41) is 11.6. The summed E-state index contributed by atoms with van der Waals surface area (Å²) in [5.41, 5.74) is -0.436. The van der Waals surface area contributed by atoms with E-state index in [1.54, 1.807) is 19.1 Å². The van der Waals surface area contributed by atoms with Crippen LogP contribution >= 0.6 is 22.6 Å². The fraction of sp³-hybridized carbons (Fsp3) is 0.385. The Morgan fingerprint density at radius 1 is 1.37 bits per heavy atom. The van der Waals surface area contributed by atoms with Crippen molar-refractivity contribution in [1.82, 2.24) is 5.32 Å². The van der Waals surface area contributed by atoms with E-state index in [-0.39, 0.29) is 18.9 Å². The third kappa shape index (κ3) is 5.15. The van der Waals surface area contributed by atoms with Gasteiger partial charge in [0, 0.05) is 16.2 Å². The number of carboxylic acids is 1. The number of halogens is 1. The van der Waals surface area contributed by atoms with Gasteiger partial charge in [0.1, 0.15) is 0 Å². The predicted octanol–water partition coefficient (Wildman–Crippen LogP) is 1.90. The minimum Gasteiger partial charge on any atom is -0.481 e. The monoisotopic (exact) mass is 377 g/mol. The third-order valence-corrected chi connectivity index (χ3v) is 3.25. The Balaban J connectivity index is 2.81. The van der Waals surface area contributed by atoms with Crippen molar-refractivity contribution < 1.29 is 19.4 Å². The van der Waals surface area contributed by atoms with Crippen molar-refractivity contribution in [3.63, 3.8) is 0 Å². The van der Waals surface area contributed by atoms with Gasteiger partial charge in [0.15, 0.2) is 0 Å². The van der Waals surface area contributed by atoms with Gasteiger partial charge in [0.2, 0.25) is 0 Å². The van der Waals surface area contributed by atoms with Crippen LogP contribution in [0.1, 0.15) is 23.7 Å². The molecular formula is C13H16INO4. The first-order valence-corrected chi connectivity index (χ1v) is 6.73. The maximum absolute atomic E-state index is 12.1. The van der Waals surface area contributed by atoms with Crippen molar-refractivity contribution in [3.05, 3.63) is 33.4 Å². The van der Waals surface area contributed by atoms with Crippen molar-refractivity contribution >= 4 is 34.5 Å². The number of amides is 1. The predicted molar refractivity (Wildman–Crippen MR) is 79.2 cm³/mol. The second-order valence-electron chi connectivity index (χ2n) is 4.53. The van der Waals surface area contributed by atoms with Gasteiger partial charge < -0.3 is 15.2 Å². The van der Waals surface area contributed by atoms with E-state index in [0.29, 0.717) is 5.56 Å². The minimum absolute atomic E-state index is 0.134. The number of carbonyl (C=O) groups is 2. The quantitative estimate of drug-likeness (QED) is 0.743. The number of nitrogens with one attached hydrogen (secondary N) is 1. The van der Waals surface area contributed by atoms with Crippen LogP contribution in [-0.2, 0) is 9.53 Å². The lowest BCUT2D eigenvalue weighted by Crippen LogP contribution is -2.50. The number of rotatable bonds is 6. The van der Waals surface area contributed by atoms with E-state index >= 15 is 0 Å². The van der Waals surface area contributed by atoms with E-state index in [4.69, 9.17) is 9.84 Å². The van der Waals surface area contributed by atoms with Gasteiger partial charge in [-0.15, -0.1) is 0 Å². The fourth-order valence-corrected chi connectivity index (χ4v) is 2.09. The van der Waals surface area contributed by atoms with E-state index in [1.165, 1.54) is 7.11 Å². The Morgan fingerprint density at radius 3 is 2.42 bits per heavy atom. The average molecular weight is 377 g/mol. The summed E-state index contributed by atoms with van der Waals surface area (Å²) in [6.45, 7) is 1.78. The second-order valence-corrected chi connectivity index (χ2v) is 5.77. The number of carboxylic acid groups (broad SMARTS) is 1. The van der Waals surface area contributed by atoms with Gasteiger partial charge >= 0.3 is 5.97 Å². The molecule has 0 bridgehead atoms. The maximum Gasteiger partial charge on any atom is 0.305 e. The SMILES string of the molecule is COCC(C)(CC(=O)O)NC(=O)c1ccc(I)cc1. The lowest BCUT2D eigenvalue weighted by molar-refractivity contribution is -0.139. The van der Waals surface area contributed by atoms with Crippen molar-refractivity contribution in [2.45, 2.75) is 18.9 Å². The Morgan fingerprint density at radius 2 is 1.95 bits per heavy atom. The number of hydrogen-bond acceptors (Lipinski definition) is 3. The third-order valence-electron chi connectivity index (χ3n) is 2.53. The summed E-state index contributed by atoms with van der Waals surface area (Å²) in [6, 6.07) is 7.04. The molecule has 0 saturated carbocycles. The van der Waals surface area contributed by atoms with Gasteiger partial charge in [-0.1, -0.05) is 0 Å². The number of carbonyl (C=O) groups excluding carboxylic acids is 1. The molecule has 0 radical (unpaired) electrons. The van der Waals surface area contributed by atoms with Gasteiger partial charge in [-0.2, -0.15) is 0 Å². The van der Waals surface area contributed by atoms with Crippen molar-refractivity contribution in [2.24, 2.45) is 0 Å². The topological polar surface area (TPSA) is 75.6 Å². The molecular weight excluding hydrogens is 361 g/mol. The normalized spacial score (nSPS) is 13.6. The highest BCUT2D eigenvalue weighted by molar-refractivity contribution is 14.1. The van der Waals surface area contributed by atoms with E-state index in [9.17, 15) is 9.59 Å². The zero-order valence-electron chi connectivity index (χ0n) is 10.8. The molecule has 1 amide bonds. The van der Waals surface area contributed by atoms with Gasteiger partial charge in [-0.05, 0) is 53.8 Å². The van der Waals surface area contributed by atoms with Crippen LogP contribution in [0.25, 0.3) is 0 Å². The van der Waals surface area contributed by atoms with E-state index < -0.39 is 11.5 Å². The van der Waals surface area contributed by atoms with Crippen molar-refractivity contribution in [1.29, 1.82) is 0 Å². The number of benzene rings is 1. The first-order valence-electron chi connectivity index (χ1n) is 5.65. The minimum atomic E-state index is -0.984. The number of hydrogen-bond donors (Lipinski definition) is 2. The zero-order chi connectivity index (χ0) is 14.5. The van der Waals surface area contributed by atoms with E-state index in [1.807, 2.05) is 12.1 Å². The van der Waals surface area contributed by atoms with Crippen LogP contribution in [0.15, 0.2) is 24.3 Å². The van der Waals surface area contributed by atoms with Gasteiger partial charge in [0.05, 0.1) is 18.6 Å². The molecule has 1 aromatic rings. The molecule has 0 aliphatic carbocycles. The molecule has 0 aliphatic rings. The summed E-state index contributed by atoms with van der Waals surface area (Å²) < 4.78 is 6.01. The molecule has 0 fully saturated rings. The summed E-state index contributed by atoms with van der Waals surface area (Å²) in [5.74, 6) is -1.29. The molecule has 6 heteroatoms. The highest BCUT2D eigenvalue weighted by Crippen LogP contribution is 2.13. The molecule has 1 unspecified atom stereocenters. The molecule has 0 spiro atoms. The number of ether oxygens (including phenoxy) is 1. The molecule has 0 heterocycles. The molecule has 0 aliphatic heterocycles. The Kier molecular flexibility index (Phi) is 5.74. The number of methoxy groups -OCH3 is 1. The van der Waals surface area contributed by atoms with Gasteiger partial charge in [0.25, 0.3) is 5.91 Å². The molecule has 0 saturated heterocycles. The fourth-order valence-electron chi connectivity index (χ4n) is 1.73. The molecule has 1 aromatic carbocycles. The first kappa shape index (κ1) is 15.9. The van der Waals surface area contributed by atoms with Gasteiger partial charge in [-0.25, -0.2) is 0 Å². The standard InChI is InChI=1S/C13H16INO4/c1-13(8-19-2,7-11(16)17)15-12(18)9-3-5-10(14)6-4-9/h3-6H,7-8H2,1-2H3,(H,15,18)(H,16,17). The Hall–Kier alpha value is -1.15. The summed E-state index contributed by atoms with van der Waals surface area (Å²) in [6.07, 6.45) is -0.197. The zero-order valence-corrected chi connectivity index (χ0v) is 12.9. The second kappa shape index (κ2) is 6.85. The van der Waals surface area contributed by atoms with Crippen LogP contribution in [0.4, 0.5) is 0 Å². The number of aliphatic carboxylic acids is 1. The average Bonchev–Trinajstić information content (AvgIpc) is 2.28. The van der Waals surface area contributed by atoms with E-state index in [2.05, 4.69) is 27.9 Å². The first-order chi connectivity index (χ1) is 8.86. The van der Waals surface area contributed by atoms with Crippen molar-refractivity contribution in [2.75, 3.05) is 13.7 Å². The molecule has 2 N–H and O–H groups in total. The lowest BCUT2D eigenvalue weighted by Gasteiger charge is -2.28. The molecule has 1 atom stereocenters. The summed E-state index contributed by atoms with van der Waals surface area (Å²) in [4.78, 5) is 22.9. The van der Waals surface area contributed by atoms with Crippen molar-refractivity contribution in [3.8, 4) is 0 Å². The largest absolute Gasteiger partial charge is 0.481 e.